The molecule has 0 atom stereocenters. The van der Waals surface area contributed by atoms with Crippen molar-refractivity contribution >= 4 is 38.6 Å². The van der Waals surface area contributed by atoms with Gasteiger partial charge in [0.15, 0.2) is 0 Å². The van der Waals surface area contributed by atoms with E-state index in [1.54, 1.807) is 22.8 Å². The highest BCUT2D eigenvalue weighted by Gasteiger charge is 2.34. The number of nitrogens with one attached hydrogen (secondary N) is 1. The van der Waals surface area contributed by atoms with E-state index in [4.69, 9.17) is 4.52 Å². The minimum absolute atomic E-state index is 0.00701. The van der Waals surface area contributed by atoms with Gasteiger partial charge in [-0.15, -0.1) is 22.7 Å². The molecular formula is C20H22N4O4S3. The Morgan fingerprint density at radius 2 is 2.03 bits per heavy atom. The van der Waals surface area contributed by atoms with Gasteiger partial charge in [-0.05, 0) is 43.2 Å². The van der Waals surface area contributed by atoms with Gasteiger partial charge in [0.05, 0.1) is 6.54 Å². The number of aromatic nitrogens is 2. The third-order valence-electron chi connectivity index (χ3n) is 5.64. The molecule has 2 aliphatic rings. The average molecular weight is 479 g/mol. The predicted octanol–water partition coefficient (Wildman–Crippen LogP) is 3.45. The summed E-state index contributed by atoms with van der Waals surface area (Å²) in [4.78, 5) is 17.9. The number of nitrogens with zero attached hydrogens (tertiary/aromatic N) is 3. The van der Waals surface area contributed by atoms with Crippen LogP contribution in [0.15, 0.2) is 37.7 Å². The third-order valence-corrected chi connectivity index (χ3v) is 9.83. The van der Waals surface area contributed by atoms with Crippen LogP contribution in [0.4, 0.5) is 0 Å². The number of carbonyl (C=O) groups excluding carboxylic acids is 1. The van der Waals surface area contributed by atoms with E-state index < -0.39 is 10.0 Å². The normalized spacial score (nSPS) is 18.3. The lowest BCUT2D eigenvalue weighted by atomic mass is 9.97. The quantitative estimate of drug-likeness (QED) is 0.558. The highest BCUT2D eigenvalue weighted by Crippen LogP contribution is 2.40. The molecule has 3 aromatic heterocycles. The Morgan fingerprint density at radius 3 is 2.74 bits per heavy atom. The van der Waals surface area contributed by atoms with Gasteiger partial charge in [-0.2, -0.15) is 9.29 Å². The Bertz CT molecular complexity index is 1160. The lowest BCUT2D eigenvalue weighted by Gasteiger charge is -2.30. The Kier molecular flexibility index (Phi) is 5.67. The van der Waals surface area contributed by atoms with Gasteiger partial charge in [0.25, 0.3) is 10.0 Å². The number of sulfonamides is 1. The van der Waals surface area contributed by atoms with Gasteiger partial charge >= 0.3 is 0 Å². The molecule has 5 rings (SSSR count). The Morgan fingerprint density at radius 1 is 1.23 bits per heavy atom. The van der Waals surface area contributed by atoms with E-state index >= 15 is 0 Å². The number of amides is 1. The molecule has 0 bridgehead atoms. The lowest BCUT2D eigenvalue weighted by molar-refractivity contribution is -0.126. The van der Waals surface area contributed by atoms with Crippen LogP contribution in [-0.2, 0) is 21.4 Å². The first kappa shape index (κ1) is 20.8. The van der Waals surface area contributed by atoms with Crippen molar-refractivity contribution in [1.82, 2.24) is 19.8 Å². The first-order valence-electron chi connectivity index (χ1n) is 10.2. The number of hydrogen-bond donors (Lipinski definition) is 1. The molecule has 0 radical (unpaired) electrons. The SMILES string of the molecule is O=C(NCc1cccs1)C1CCN(S(=O)(=O)c2cc(-c3noc(C4CC4)n3)cs2)CC1. The van der Waals surface area contributed by atoms with Crippen LogP contribution in [0.3, 0.4) is 0 Å². The second-order valence-corrected chi connectivity index (χ2v) is 12.0. The van der Waals surface area contributed by atoms with Crippen LogP contribution in [0.1, 0.15) is 42.4 Å². The lowest BCUT2D eigenvalue weighted by Crippen LogP contribution is -2.42. The van der Waals surface area contributed by atoms with Crippen LogP contribution in [0.2, 0.25) is 0 Å². The van der Waals surface area contributed by atoms with Crippen molar-refractivity contribution in [1.29, 1.82) is 0 Å². The Labute approximate surface area is 188 Å². The predicted molar refractivity (Wildman–Crippen MR) is 117 cm³/mol. The van der Waals surface area contributed by atoms with Crippen molar-refractivity contribution < 1.29 is 17.7 Å². The van der Waals surface area contributed by atoms with Crippen LogP contribution in [-0.4, -0.2) is 41.9 Å². The first-order chi connectivity index (χ1) is 15.0. The van der Waals surface area contributed by atoms with E-state index in [1.807, 2.05) is 17.5 Å². The number of carbonyl (C=O) groups is 1. The first-order valence-corrected chi connectivity index (χ1v) is 13.4. The van der Waals surface area contributed by atoms with Crippen LogP contribution in [0, 0.1) is 5.92 Å². The van der Waals surface area contributed by atoms with Gasteiger partial charge < -0.3 is 9.84 Å². The van der Waals surface area contributed by atoms with E-state index in [0.29, 0.717) is 55.7 Å². The summed E-state index contributed by atoms with van der Waals surface area (Å²) in [6.07, 6.45) is 3.16. The summed E-state index contributed by atoms with van der Waals surface area (Å²) in [6.45, 7) is 1.19. The molecule has 1 aliphatic carbocycles. The van der Waals surface area contributed by atoms with Crippen molar-refractivity contribution in [3.63, 3.8) is 0 Å². The average Bonchev–Trinajstić information content (AvgIpc) is 3.21. The van der Waals surface area contributed by atoms with Gasteiger partial charge in [-0.1, -0.05) is 11.2 Å². The van der Waals surface area contributed by atoms with Crippen molar-refractivity contribution in [3.05, 3.63) is 39.7 Å². The largest absolute Gasteiger partial charge is 0.351 e. The van der Waals surface area contributed by atoms with E-state index in [2.05, 4.69) is 15.5 Å². The summed E-state index contributed by atoms with van der Waals surface area (Å²) in [7, 11) is -3.61. The van der Waals surface area contributed by atoms with Crippen molar-refractivity contribution in [2.45, 2.75) is 42.4 Å². The summed E-state index contributed by atoms with van der Waals surface area (Å²) in [5.41, 5.74) is 0.655. The van der Waals surface area contributed by atoms with Crippen molar-refractivity contribution in [2.24, 2.45) is 5.92 Å². The smallest absolute Gasteiger partial charge is 0.252 e. The zero-order valence-corrected chi connectivity index (χ0v) is 19.1. The molecule has 1 saturated carbocycles. The van der Waals surface area contributed by atoms with Crippen LogP contribution < -0.4 is 5.32 Å². The van der Waals surface area contributed by atoms with Crippen LogP contribution in [0.5, 0.6) is 0 Å². The Balaban J connectivity index is 1.19. The summed E-state index contributed by atoms with van der Waals surface area (Å²) in [5.74, 6) is 1.25. The fraction of sp³-hybridized carbons (Fsp3) is 0.450. The number of thiophene rings is 2. The molecule has 1 N–H and O–H groups in total. The van der Waals surface area contributed by atoms with Gasteiger partial charge in [-0.3, -0.25) is 4.79 Å². The summed E-state index contributed by atoms with van der Waals surface area (Å²) in [5, 5.41) is 10.7. The fourth-order valence-corrected chi connectivity index (χ4v) is 7.06. The monoisotopic (exact) mass is 478 g/mol. The molecule has 11 heteroatoms. The number of hydrogen-bond acceptors (Lipinski definition) is 8. The summed E-state index contributed by atoms with van der Waals surface area (Å²) >= 11 is 2.77. The topological polar surface area (TPSA) is 105 Å². The molecule has 2 fully saturated rings. The van der Waals surface area contributed by atoms with Gasteiger partial charge in [0.1, 0.15) is 4.21 Å². The maximum atomic E-state index is 13.1. The van der Waals surface area contributed by atoms with E-state index in [-0.39, 0.29) is 16.0 Å². The standard InChI is InChI=1S/C20H22N4O4S3/c25-19(21-11-16-2-1-9-29-16)13-5-7-24(8-6-13)31(26,27)17-10-15(12-30-17)18-22-20(28-23-18)14-3-4-14/h1-2,9-10,12-14H,3-8,11H2,(H,21,25). The van der Waals surface area contributed by atoms with Gasteiger partial charge in [0.2, 0.25) is 17.6 Å². The van der Waals surface area contributed by atoms with Crippen LogP contribution >= 0.6 is 22.7 Å². The van der Waals surface area contributed by atoms with E-state index in [0.717, 1.165) is 29.1 Å². The summed E-state index contributed by atoms with van der Waals surface area (Å²) < 4.78 is 33.2. The van der Waals surface area contributed by atoms with E-state index in [9.17, 15) is 13.2 Å². The van der Waals surface area contributed by atoms with Crippen molar-refractivity contribution in [3.8, 4) is 11.4 Å². The zero-order valence-electron chi connectivity index (χ0n) is 16.7. The highest BCUT2D eigenvalue weighted by molar-refractivity contribution is 7.91. The molecule has 0 spiro atoms. The maximum Gasteiger partial charge on any atom is 0.252 e. The second kappa shape index (κ2) is 8.45. The highest BCUT2D eigenvalue weighted by atomic mass is 32.2. The minimum Gasteiger partial charge on any atom is -0.351 e. The molecule has 1 amide bonds. The molecule has 0 unspecified atom stereocenters. The zero-order chi connectivity index (χ0) is 21.4. The Hall–Kier alpha value is -2.08. The molecule has 31 heavy (non-hydrogen) atoms. The van der Waals surface area contributed by atoms with E-state index in [1.165, 1.54) is 4.31 Å². The molecule has 4 heterocycles. The maximum absolute atomic E-state index is 13.1. The van der Waals surface area contributed by atoms with Gasteiger partial charge in [-0.25, -0.2) is 8.42 Å². The molecule has 8 nitrogen and oxygen atoms in total. The molecule has 3 aromatic rings. The van der Waals surface area contributed by atoms with Gasteiger partial charge in [0, 0.05) is 40.7 Å². The summed E-state index contributed by atoms with van der Waals surface area (Å²) in [6, 6.07) is 5.55. The third kappa shape index (κ3) is 4.45. The minimum atomic E-state index is -3.61. The molecule has 0 aromatic carbocycles. The number of rotatable bonds is 7. The second-order valence-electron chi connectivity index (χ2n) is 7.86. The fourth-order valence-electron chi connectivity index (χ4n) is 3.63. The molecule has 1 aliphatic heterocycles. The molecular weight excluding hydrogens is 456 g/mol. The number of piperidine rings is 1. The molecule has 164 valence electrons. The van der Waals surface area contributed by atoms with Crippen molar-refractivity contribution in [2.75, 3.05) is 13.1 Å². The van der Waals surface area contributed by atoms with Crippen LogP contribution in [0.25, 0.3) is 11.4 Å². The molecule has 1 saturated heterocycles.